The van der Waals surface area contributed by atoms with Crippen LogP contribution in [0.1, 0.15) is 0 Å². The normalized spacial score (nSPS) is 10.7. The smallest absolute Gasteiger partial charge is 0.139 e. The molecule has 0 aliphatic rings. The zero-order chi connectivity index (χ0) is 14.1. The lowest BCUT2D eigenvalue weighted by atomic mass is 10.1. The molecule has 3 aromatic rings. The zero-order valence-electron chi connectivity index (χ0n) is 10.4. The average Bonchev–Trinajstić information content (AvgIpc) is 2.46. The number of fused-ring (bicyclic) bond motifs is 1. The fourth-order valence-electron chi connectivity index (χ4n) is 2.05. The van der Waals surface area contributed by atoms with E-state index in [9.17, 15) is 4.39 Å². The third-order valence-electron chi connectivity index (χ3n) is 3.05. The van der Waals surface area contributed by atoms with E-state index in [1.165, 1.54) is 6.07 Å². The Morgan fingerprint density at radius 1 is 1.10 bits per heavy atom. The largest absolute Gasteiger partial charge is 0.398 e. The summed E-state index contributed by atoms with van der Waals surface area (Å²) in [7, 11) is 0. The number of hydrogen-bond donors (Lipinski definition) is 2. The van der Waals surface area contributed by atoms with Crippen molar-refractivity contribution in [2.24, 2.45) is 0 Å². The summed E-state index contributed by atoms with van der Waals surface area (Å²) in [5, 5.41) is 5.02. The quantitative estimate of drug-likeness (QED) is 0.681. The molecule has 1 aromatic heterocycles. The maximum atomic E-state index is 13.5. The standard InChI is InChI=1S/C15H11BrFN3/c16-12-2-1-9(7-13(12)17)20-15-4-3-14(18)11-8-19-6-5-10(11)15/h1-8,20H,18H2. The molecule has 0 aliphatic carbocycles. The van der Waals surface area contributed by atoms with Crippen LogP contribution in [0.5, 0.6) is 0 Å². The van der Waals surface area contributed by atoms with Crippen LogP contribution in [-0.2, 0) is 0 Å². The van der Waals surface area contributed by atoms with Gasteiger partial charge in [-0.25, -0.2) is 4.39 Å². The van der Waals surface area contributed by atoms with Crippen LogP contribution in [0.3, 0.4) is 0 Å². The van der Waals surface area contributed by atoms with Gasteiger partial charge in [0.1, 0.15) is 5.82 Å². The summed E-state index contributed by atoms with van der Waals surface area (Å²) >= 11 is 3.14. The molecule has 5 heteroatoms. The predicted octanol–water partition coefficient (Wildman–Crippen LogP) is 4.46. The Morgan fingerprint density at radius 2 is 1.95 bits per heavy atom. The van der Waals surface area contributed by atoms with Crippen molar-refractivity contribution in [1.82, 2.24) is 4.98 Å². The monoisotopic (exact) mass is 331 g/mol. The van der Waals surface area contributed by atoms with E-state index < -0.39 is 0 Å². The Balaban J connectivity index is 2.06. The first-order chi connectivity index (χ1) is 9.65. The Hall–Kier alpha value is -2.14. The molecule has 3 rings (SSSR count). The van der Waals surface area contributed by atoms with E-state index in [0.717, 1.165) is 16.5 Å². The first-order valence-electron chi connectivity index (χ1n) is 5.99. The van der Waals surface area contributed by atoms with Gasteiger partial charge in [0.2, 0.25) is 0 Å². The van der Waals surface area contributed by atoms with E-state index in [0.29, 0.717) is 15.8 Å². The SMILES string of the molecule is Nc1ccc(Nc2ccc(Br)c(F)c2)c2ccncc12. The lowest BCUT2D eigenvalue weighted by molar-refractivity contribution is 0.622. The minimum atomic E-state index is -0.309. The number of anilines is 3. The fourth-order valence-corrected chi connectivity index (χ4v) is 2.30. The molecule has 3 N–H and O–H groups in total. The molecule has 0 saturated heterocycles. The van der Waals surface area contributed by atoms with E-state index in [2.05, 4.69) is 26.2 Å². The van der Waals surface area contributed by atoms with Crippen molar-refractivity contribution in [1.29, 1.82) is 0 Å². The molecule has 0 unspecified atom stereocenters. The van der Waals surface area contributed by atoms with Gasteiger partial charge in [-0.2, -0.15) is 0 Å². The van der Waals surface area contributed by atoms with Gasteiger partial charge >= 0.3 is 0 Å². The molecule has 0 saturated carbocycles. The van der Waals surface area contributed by atoms with E-state index in [1.807, 2.05) is 18.2 Å². The molecule has 0 bridgehead atoms. The van der Waals surface area contributed by atoms with Crippen molar-refractivity contribution in [3.8, 4) is 0 Å². The van der Waals surface area contributed by atoms with E-state index in [-0.39, 0.29) is 5.82 Å². The Bertz CT molecular complexity index is 789. The fraction of sp³-hybridized carbons (Fsp3) is 0. The van der Waals surface area contributed by atoms with Crippen molar-refractivity contribution >= 4 is 43.8 Å². The number of pyridine rings is 1. The second kappa shape index (κ2) is 5.09. The van der Waals surface area contributed by atoms with Crippen LogP contribution in [0.15, 0.2) is 53.3 Å². The van der Waals surface area contributed by atoms with Gasteiger partial charge in [-0.15, -0.1) is 0 Å². The van der Waals surface area contributed by atoms with Crippen LogP contribution in [0, 0.1) is 5.82 Å². The minimum absolute atomic E-state index is 0.309. The van der Waals surface area contributed by atoms with Gasteiger partial charge in [0.05, 0.1) is 4.47 Å². The van der Waals surface area contributed by atoms with Crippen molar-refractivity contribution in [3.05, 3.63) is 59.1 Å². The topological polar surface area (TPSA) is 50.9 Å². The lowest BCUT2D eigenvalue weighted by Crippen LogP contribution is -1.95. The molecule has 2 aromatic carbocycles. The molecule has 0 amide bonds. The van der Waals surface area contributed by atoms with E-state index >= 15 is 0 Å². The number of nitrogen functional groups attached to an aromatic ring is 1. The van der Waals surface area contributed by atoms with Crippen molar-refractivity contribution in [3.63, 3.8) is 0 Å². The van der Waals surface area contributed by atoms with Gasteiger partial charge < -0.3 is 11.1 Å². The molecule has 100 valence electrons. The van der Waals surface area contributed by atoms with E-state index in [4.69, 9.17) is 5.73 Å². The lowest BCUT2D eigenvalue weighted by Gasteiger charge is -2.11. The third kappa shape index (κ3) is 2.32. The van der Waals surface area contributed by atoms with Gasteiger partial charge in [0, 0.05) is 40.2 Å². The van der Waals surface area contributed by atoms with Crippen molar-refractivity contribution in [2.75, 3.05) is 11.1 Å². The molecule has 0 aliphatic heterocycles. The summed E-state index contributed by atoms with van der Waals surface area (Å²) in [5.74, 6) is -0.309. The molecule has 0 radical (unpaired) electrons. The summed E-state index contributed by atoms with van der Waals surface area (Å²) in [6.45, 7) is 0. The molecule has 0 atom stereocenters. The van der Waals surface area contributed by atoms with Gasteiger partial charge in [-0.05, 0) is 52.3 Å². The number of rotatable bonds is 2. The third-order valence-corrected chi connectivity index (χ3v) is 3.69. The Kier molecular flexibility index (Phi) is 3.28. The molecule has 0 fully saturated rings. The second-order valence-electron chi connectivity index (χ2n) is 4.38. The van der Waals surface area contributed by atoms with Gasteiger partial charge in [0.15, 0.2) is 0 Å². The number of nitrogens with zero attached hydrogens (tertiary/aromatic N) is 1. The van der Waals surface area contributed by atoms with Gasteiger partial charge in [0.25, 0.3) is 0 Å². The summed E-state index contributed by atoms with van der Waals surface area (Å²) in [6.07, 6.45) is 3.42. The molecular formula is C15H11BrFN3. The number of nitrogens with one attached hydrogen (secondary N) is 1. The number of halogens is 2. The Labute approximate surface area is 123 Å². The molecule has 0 spiro atoms. The van der Waals surface area contributed by atoms with Crippen LogP contribution >= 0.6 is 15.9 Å². The summed E-state index contributed by atoms with van der Waals surface area (Å²) in [5.41, 5.74) is 8.13. The predicted molar refractivity (Wildman–Crippen MR) is 83.5 cm³/mol. The number of nitrogens with two attached hydrogens (primary N) is 1. The van der Waals surface area contributed by atoms with Crippen LogP contribution in [0.25, 0.3) is 10.8 Å². The number of hydrogen-bond acceptors (Lipinski definition) is 3. The molecule has 3 nitrogen and oxygen atoms in total. The van der Waals surface area contributed by atoms with Crippen LogP contribution in [-0.4, -0.2) is 4.98 Å². The zero-order valence-corrected chi connectivity index (χ0v) is 12.0. The first-order valence-corrected chi connectivity index (χ1v) is 6.79. The highest BCUT2D eigenvalue weighted by Crippen LogP contribution is 2.30. The number of benzene rings is 2. The van der Waals surface area contributed by atoms with Gasteiger partial charge in [-0.3, -0.25) is 4.98 Å². The summed E-state index contributed by atoms with van der Waals surface area (Å²) < 4.78 is 14.0. The summed E-state index contributed by atoms with van der Waals surface area (Å²) in [6, 6.07) is 10.5. The van der Waals surface area contributed by atoms with Crippen molar-refractivity contribution in [2.45, 2.75) is 0 Å². The summed E-state index contributed by atoms with van der Waals surface area (Å²) in [4.78, 5) is 4.07. The van der Waals surface area contributed by atoms with Crippen LogP contribution in [0.4, 0.5) is 21.5 Å². The second-order valence-corrected chi connectivity index (χ2v) is 5.23. The molecule has 1 heterocycles. The molecular weight excluding hydrogens is 321 g/mol. The Morgan fingerprint density at radius 3 is 2.75 bits per heavy atom. The average molecular weight is 332 g/mol. The number of aromatic nitrogens is 1. The highest BCUT2D eigenvalue weighted by Gasteiger charge is 2.06. The highest BCUT2D eigenvalue weighted by atomic mass is 79.9. The first kappa shape index (κ1) is 12.9. The van der Waals surface area contributed by atoms with Crippen LogP contribution in [0.2, 0.25) is 0 Å². The van der Waals surface area contributed by atoms with Crippen molar-refractivity contribution < 1.29 is 4.39 Å². The van der Waals surface area contributed by atoms with Gasteiger partial charge in [-0.1, -0.05) is 0 Å². The maximum Gasteiger partial charge on any atom is 0.139 e. The highest BCUT2D eigenvalue weighted by molar-refractivity contribution is 9.10. The van der Waals surface area contributed by atoms with Crippen LogP contribution < -0.4 is 11.1 Å². The molecule has 20 heavy (non-hydrogen) atoms. The minimum Gasteiger partial charge on any atom is -0.398 e. The maximum absolute atomic E-state index is 13.5. The van der Waals surface area contributed by atoms with E-state index in [1.54, 1.807) is 24.5 Å².